The number of anilines is 1. The van der Waals surface area contributed by atoms with Crippen molar-refractivity contribution >= 4 is 22.6 Å². The minimum absolute atomic E-state index is 0.0378. The third-order valence-electron chi connectivity index (χ3n) is 4.59. The van der Waals surface area contributed by atoms with Crippen molar-refractivity contribution in [2.75, 3.05) is 5.32 Å². The highest BCUT2D eigenvalue weighted by atomic mass is 16.2. The highest BCUT2D eigenvalue weighted by Crippen LogP contribution is 2.28. The summed E-state index contributed by atoms with van der Waals surface area (Å²) in [5.74, 6) is -0.192. The van der Waals surface area contributed by atoms with Gasteiger partial charge in [-0.25, -0.2) is 9.78 Å². The lowest BCUT2D eigenvalue weighted by Crippen LogP contribution is -2.38. The Hall–Kier alpha value is -3.22. The van der Waals surface area contributed by atoms with E-state index in [0.717, 1.165) is 15.7 Å². The van der Waals surface area contributed by atoms with E-state index >= 15 is 0 Å². The van der Waals surface area contributed by atoms with E-state index in [-0.39, 0.29) is 29.3 Å². The van der Waals surface area contributed by atoms with Crippen molar-refractivity contribution in [2.45, 2.75) is 26.2 Å². The van der Waals surface area contributed by atoms with E-state index in [4.69, 9.17) is 0 Å². The molecule has 2 heterocycles. The predicted molar refractivity (Wildman–Crippen MR) is 105 cm³/mol. The molecule has 140 valence electrons. The second kappa shape index (κ2) is 7.19. The van der Waals surface area contributed by atoms with Crippen molar-refractivity contribution < 1.29 is 4.79 Å². The SMILES string of the molecule is CC(C)c1cnc2c(c1NC(=O)Cc1ccccc1)c(=O)n(C)c(=O)n2C. The summed E-state index contributed by atoms with van der Waals surface area (Å²) in [7, 11) is 2.98. The van der Waals surface area contributed by atoms with Gasteiger partial charge in [0.1, 0.15) is 5.39 Å². The number of rotatable bonds is 4. The summed E-state index contributed by atoms with van der Waals surface area (Å²) in [6.07, 6.45) is 1.80. The largest absolute Gasteiger partial charge is 0.332 e. The number of nitrogens with one attached hydrogen (secondary N) is 1. The molecule has 0 aliphatic carbocycles. The first kappa shape index (κ1) is 18.6. The summed E-state index contributed by atoms with van der Waals surface area (Å²) in [5.41, 5.74) is 1.37. The fourth-order valence-corrected chi connectivity index (χ4v) is 3.08. The molecule has 27 heavy (non-hydrogen) atoms. The third-order valence-corrected chi connectivity index (χ3v) is 4.59. The molecule has 2 aromatic heterocycles. The number of hydrogen-bond donors (Lipinski definition) is 1. The summed E-state index contributed by atoms with van der Waals surface area (Å²) in [5, 5.41) is 3.13. The monoisotopic (exact) mass is 366 g/mol. The molecule has 3 rings (SSSR count). The minimum atomic E-state index is -0.474. The molecule has 0 bridgehead atoms. The fourth-order valence-electron chi connectivity index (χ4n) is 3.08. The lowest BCUT2D eigenvalue weighted by molar-refractivity contribution is -0.115. The lowest BCUT2D eigenvalue weighted by Gasteiger charge is -2.17. The van der Waals surface area contributed by atoms with Crippen LogP contribution in [0.3, 0.4) is 0 Å². The van der Waals surface area contributed by atoms with Crippen LogP contribution in [0.25, 0.3) is 11.0 Å². The Labute approximate surface area is 156 Å². The van der Waals surface area contributed by atoms with Gasteiger partial charge in [0.25, 0.3) is 5.56 Å². The van der Waals surface area contributed by atoms with Gasteiger partial charge in [0, 0.05) is 20.3 Å². The first-order valence-electron chi connectivity index (χ1n) is 8.73. The molecule has 0 spiro atoms. The summed E-state index contributed by atoms with van der Waals surface area (Å²) in [6, 6.07) is 9.37. The smallest absolute Gasteiger partial charge is 0.325 e. The second-order valence-corrected chi connectivity index (χ2v) is 6.86. The van der Waals surface area contributed by atoms with Crippen molar-refractivity contribution in [3.8, 4) is 0 Å². The van der Waals surface area contributed by atoms with Crippen LogP contribution in [0, 0.1) is 0 Å². The number of nitrogens with zero attached hydrogens (tertiary/aromatic N) is 3. The molecule has 0 atom stereocenters. The van der Waals surface area contributed by atoms with E-state index in [1.165, 1.54) is 11.6 Å². The molecular formula is C20H22N4O3. The van der Waals surface area contributed by atoms with Crippen LogP contribution < -0.4 is 16.6 Å². The Morgan fingerprint density at radius 2 is 1.78 bits per heavy atom. The Kier molecular flexibility index (Phi) is 4.94. The van der Waals surface area contributed by atoms with Crippen LogP contribution in [0.4, 0.5) is 5.69 Å². The quantitative estimate of drug-likeness (QED) is 0.765. The van der Waals surface area contributed by atoms with E-state index in [1.54, 1.807) is 13.2 Å². The van der Waals surface area contributed by atoms with Crippen LogP contribution in [0.15, 0.2) is 46.1 Å². The Morgan fingerprint density at radius 3 is 2.41 bits per heavy atom. The van der Waals surface area contributed by atoms with E-state index in [1.807, 2.05) is 44.2 Å². The number of fused-ring (bicyclic) bond motifs is 1. The summed E-state index contributed by atoms with van der Waals surface area (Å²) >= 11 is 0. The number of aryl methyl sites for hydroxylation is 1. The first-order chi connectivity index (χ1) is 12.8. The average molecular weight is 366 g/mol. The van der Waals surface area contributed by atoms with E-state index in [2.05, 4.69) is 10.3 Å². The molecule has 0 aliphatic rings. The molecule has 0 radical (unpaired) electrons. The van der Waals surface area contributed by atoms with E-state index in [9.17, 15) is 14.4 Å². The van der Waals surface area contributed by atoms with E-state index < -0.39 is 11.2 Å². The zero-order chi connectivity index (χ0) is 19.7. The van der Waals surface area contributed by atoms with Gasteiger partial charge >= 0.3 is 5.69 Å². The number of benzene rings is 1. The molecule has 1 amide bonds. The van der Waals surface area contributed by atoms with Gasteiger partial charge in [0.2, 0.25) is 5.91 Å². The zero-order valence-corrected chi connectivity index (χ0v) is 15.8. The molecule has 0 aliphatic heterocycles. The predicted octanol–water partition coefficient (Wildman–Crippen LogP) is 1.94. The Morgan fingerprint density at radius 1 is 1.11 bits per heavy atom. The Balaban J connectivity index is 2.17. The lowest BCUT2D eigenvalue weighted by atomic mass is 10.0. The third kappa shape index (κ3) is 3.40. The number of pyridine rings is 1. The number of carbonyl (C=O) groups is 1. The van der Waals surface area contributed by atoms with Gasteiger partial charge in [-0.05, 0) is 17.0 Å². The topological polar surface area (TPSA) is 86.0 Å². The summed E-state index contributed by atoms with van der Waals surface area (Å²) < 4.78 is 2.34. The van der Waals surface area contributed by atoms with Crippen molar-refractivity contribution in [3.63, 3.8) is 0 Å². The van der Waals surface area contributed by atoms with Crippen molar-refractivity contribution in [1.82, 2.24) is 14.1 Å². The van der Waals surface area contributed by atoms with Gasteiger partial charge < -0.3 is 5.32 Å². The van der Waals surface area contributed by atoms with Crippen LogP contribution in [0.2, 0.25) is 0 Å². The molecule has 1 aromatic carbocycles. The van der Waals surface area contributed by atoms with Crippen molar-refractivity contribution in [3.05, 3.63) is 68.5 Å². The minimum Gasteiger partial charge on any atom is -0.325 e. The fraction of sp³-hybridized carbons (Fsp3) is 0.300. The maximum atomic E-state index is 12.8. The van der Waals surface area contributed by atoms with Crippen LogP contribution in [-0.4, -0.2) is 20.0 Å². The maximum absolute atomic E-state index is 12.8. The Bertz CT molecular complexity index is 1130. The molecule has 3 aromatic rings. The number of aromatic nitrogens is 3. The van der Waals surface area contributed by atoms with Gasteiger partial charge in [-0.3, -0.25) is 18.7 Å². The van der Waals surface area contributed by atoms with Crippen LogP contribution >= 0.6 is 0 Å². The number of amides is 1. The summed E-state index contributed by atoms with van der Waals surface area (Å²) in [4.78, 5) is 41.9. The molecule has 0 saturated carbocycles. The first-order valence-corrected chi connectivity index (χ1v) is 8.73. The molecule has 0 saturated heterocycles. The summed E-state index contributed by atoms with van der Waals surface area (Å²) in [6.45, 7) is 3.92. The molecular weight excluding hydrogens is 344 g/mol. The average Bonchev–Trinajstić information content (AvgIpc) is 2.64. The second-order valence-electron chi connectivity index (χ2n) is 6.86. The van der Waals surface area contributed by atoms with Crippen molar-refractivity contribution in [2.24, 2.45) is 14.1 Å². The van der Waals surface area contributed by atoms with Gasteiger partial charge in [0.15, 0.2) is 5.65 Å². The van der Waals surface area contributed by atoms with Crippen LogP contribution in [0.5, 0.6) is 0 Å². The van der Waals surface area contributed by atoms with Crippen LogP contribution in [0.1, 0.15) is 30.9 Å². The van der Waals surface area contributed by atoms with Gasteiger partial charge in [-0.15, -0.1) is 0 Å². The van der Waals surface area contributed by atoms with Gasteiger partial charge in [-0.2, -0.15) is 0 Å². The molecule has 0 fully saturated rings. The molecule has 0 unspecified atom stereocenters. The van der Waals surface area contributed by atoms with E-state index in [0.29, 0.717) is 5.69 Å². The molecule has 1 N–H and O–H groups in total. The maximum Gasteiger partial charge on any atom is 0.332 e. The zero-order valence-electron chi connectivity index (χ0n) is 15.8. The molecule has 7 heteroatoms. The molecule has 7 nitrogen and oxygen atoms in total. The van der Waals surface area contributed by atoms with Crippen LogP contribution in [-0.2, 0) is 25.3 Å². The van der Waals surface area contributed by atoms with Crippen molar-refractivity contribution in [1.29, 1.82) is 0 Å². The number of carbonyl (C=O) groups excluding carboxylic acids is 1. The highest BCUT2D eigenvalue weighted by molar-refractivity contribution is 6.01. The number of hydrogen-bond acceptors (Lipinski definition) is 4. The van der Waals surface area contributed by atoms with Gasteiger partial charge in [-0.1, -0.05) is 44.2 Å². The highest BCUT2D eigenvalue weighted by Gasteiger charge is 2.20. The normalized spacial score (nSPS) is 11.1. The van der Waals surface area contributed by atoms with Gasteiger partial charge in [0.05, 0.1) is 12.1 Å². The standard InChI is InChI=1S/C20H22N4O3/c1-12(2)14-11-21-18-16(19(26)24(4)20(27)23(18)3)17(14)22-15(25)10-13-8-6-5-7-9-13/h5-9,11-12H,10H2,1-4H3,(H,21,22,25).